The second kappa shape index (κ2) is 6.11. The second-order valence-electron chi connectivity index (χ2n) is 4.17. The molecule has 2 aromatic rings. The van der Waals surface area contributed by atoms with Crippen molar-refractivity contribution in [3.8, 4) is 0 Å². The minimum atomic E-state index is 0.931. The van der Waals surface area contributed by atoms with Gasteiger partial charge in [0.05, 0.1) is 0 Å². The number of aromatic nitrogens is 2. The summed E-state index contributed by atoms with van der Waals surface area (Å²) in [6.45, 7) is 1.94. The van der Waals surface area contributed by atoms with Gasteiger partial charge in [-0.2, -0.15) is 0 Å². The van der Waals surface area contributed by atoms with E-state index in [0.29, 0.717) is 0 Å². The fourth-order valence-electron chi connectivity index (χ4n) is 1.73. The Hall–Kier alpha value is -1.74. The molecule has 2 heterocycles. The lowest BCUT2D eigenvalue weighted by Crippen LogP contribution is -2.21. The van der Waals surface area contributed by atoms with E-state index in [9.17, 15) is 0 Å². The van der Waals surface area contributed by atoms with Crippen molar-refractivity contribution in [1.82, 2.24) is 14.9 Å². The number of nitrogens with zero attached hydrogens (tertiary/aromatic N) is 3. The van der Waals surface area contributed by atoms with Crippen molar-refractivity contribution >= 4 is 0 Å². The predicted octanol–water partition coefficient (Wildman–Crippen LogP) is 2.15. The Morgan fingerprint density at radius 3 is 2.76 bits per heavy atom. The van der Waals surface area contributed by atoms with Crippen LogP contribution in [0.1, 0.15) is 11.3 Å². The van der Waals surface area contributed by atoms with E-state index in [1.165, 1.54) is 5.56 Å². The summed E-state index contributed by atoms with van der Waals surface area (Å²) in [6, 6.07) is 10.1. The zero-order chi connectivity index (χ0) is 11.9. The summed E-state index contributed by atoms with van der Waals surface area (Å²) in [4.78, 5) is 10.7. The molecule has 0 bridgehead atoms. The van der Waals surface area contributed by atoms with Crippen molar-refractivity contribution in [3.63, 3.8) is 0 Å². The third kappa shape index (κ3) is 3.96. The van der Waals surface area contributed by atoms with Gasteiger partial charge in [0, 0.05) is 43.8 Å². The summed E-state index contributed by atoms with van der Waals surface area (Å²) in [5, 5.41) is 0. The van der Waals surface area contributed by atoms with Crippen molar-refractivity contribution in [2.75, 3.05) is 13.6 Å². The van der Waals surface area contributed by atoms with Gasteiger partial charge in [0.15, 0.2) is 0 Å². The lowest BCUT2D eigenvalue weighted by molar-refractivity contribution is 0.329. The van der Waals surface area contributed by atoms with Crippen molar-refractivity contribution in [1.29, 1.82) is 0 Å². The molecule has 88 valence electrons. The van der Waals surface area contributed by atoms with Crippen LogP contribution in [0.3, 0.4) is 0 Å². The van der Waals surface area contributed by atoms with Crippen LogP contribution in [0.25, 0.3) is 0 Å². The molecule has 3 nitrogen and oxygen atoms in total. The highest BCUT2D eigenvalue weighted by Crippen LogP contribution is 2.02. The summed E-state index contributed by atoms with van der Waals surface area (Å²) in [7, 11) is 2.12. The maximum absolute atomic E-state index is 4.32. The normalized spacial score (nSPS) is 10.7. The first-order valence-electron chi connectivity index (χ1n) is 5.82. The van der Waals surface area contributed by atoms with Gasteiger partial charge in [-0.1, -0.05) is 12.1 Å². The smallest absolute Gasteiger partial charge is 0.0416 e. The minimum Gasteiger partial charge on any atom is -0.302 e. The molecule has 0 unspecified atom stereocenters. The van der Waals surface area contributed by atoms with Crippen LogP contribution in [0, 0.1) is 0 Å². The van der Waals surface area contributed by atoms with Gasteiger partial charge in [-0.05, 0) is 30.8 Å². The Bertz CT molecular complexity index is 428. The molecule has 0 saturated carbocycles. The topological polar surface area (TPSA) is 29.0 Å². The number of hydrogen-bond donors (Lipinski definition) is 0. The Morgan fingerprint density at radius 1 is 1.12 bits per heavy atom. The van der Waals surface area contributed by atoms with Crippen LogP contribution in [0.15, 0.2) is 48.9 Å². The van der Waals surface area contributed by atoms with E-state index in [0.717, 1.165) is 25.2 Å². The van der Waals surface area contributed by atoms with E-state index in [4.69, 9.17) is 0 Å². The van der Waals surface area contributed by atoms with Gasteiger partial charge >= 0.3 is 0 Å². The largest absolute Gasteiger partial charge is 0.302 e. The first-order valence-corrected chi connectivity index (χ1v) is 5.82. The highest BCUT2D eigenvalue weighted by Gasteiger charge is 2.01. The zero-order valence-electron chi connectivity index (χ0n) is 10.1. The lowest BCUT2D eigenvalue weighted by Gasteiger charge is -2.15. The van der Waals surface area contributed by atoms with Crippen LogP contribution < -0.4 is 0 Å². The summed E-state index contributed by atoms with van der Waals surface area (Å²) in [5.41, 5.74) is 2.39. The van der Waals surface area contributed by atoms with E-state index in [-0.39, 0.29) is 0 Å². The van der Waals surface area contributed by atoms with Crippen LogP contribution >= 0.6 is 0 Å². The summed E-state index contributed by atoms with van der Waals surface area (Å²) in [6.07, 6.45) is 6.54. The third-order valence-electron chi connectivity index (χ3n) is 2.65. The van der Waals surface area contributed by atoms with Gasteiger partial charge in [-0.15, -0.1) is 0 Å². The quantitative estimate of drug-likeness (QED) is 0.783. The summed E-state index contributed by atoms with van der Waals surface area (Å²) >= 11 is 0. The lowest BCUT2D eigenvalue weighted by atomic mass is 10.2. The van der Waals surface area contributed by atoms with E-state index in [1.807, 2.05) is 30.6 Å². The summed E-state index contributed by atoms with van der Waals surface area (Å²) in [5.74, 6) is 0. The number of pyridine rings is 2. The fourth-order valence-corrected chi connectivity index (χ4v) is 1.73. The van der Waals surface area contributed by atoms with Crippen molar-refractivity contribution in [3.05, 3.63) is 60.2 Å². The molecule has 0 aliphatic rings. The molecule has 2 aromatic heterocycles. The van der Waals surface area contributed by atoms with Crippen molar-refractivity contribution < 1.29 is 0 Å². The molecular formula is C14H17N3. The van der Waals surface area contributed by atoms with Gasteiger partial charge in [-0.25, -0.2) is 0 Å². The van der Waals surface area contributed by atoms with Crippen LogP contribution in [-0.4, -0.2) is 28.5 Å². The highest BCUT2D eigenvalue weighted by atomic mass is 15.1. The molecule has 17 heavy (non-hydrogen) atoms. The fraction of sp³-hybridized carbons (Fsp3) is 0.286. The molecular weight excluding hydrogens is 210 g/mol. The number of rotatable bonds is 5. The van der Waals surface area contributed by atoms with Crippen LogP contribution in [0.4, 0.5) is 0 Å². The third-order valence-corrected chi connectivity index (χ3v) is 2.65. The first-order chi connectivity index (χ1) is 8.34. The second-order valence-corrected chi connectivity index (χ2v) is 4.17. The molecule has 3 heteroatoms. The molecule has 0 spiro atoms. The molecule has 0 aromatic carbocycles. The predicted molar refractivity (Wildman–Crippen MR) is 68.5 cm³/mol. The number of likely N-dealkylation sites (N-methyl/N-ethyl adjacent to an activating group) is 1. The maximum atomic E-state index is 4.32. The van der Waals surface area contributed by atoms with Gasteiger partial charge in [0.1, 0.15) is 0 Å². The van der Waals surface area contributed by atoms with E-state index >= 15 is 0 Å². The SMILES string of the molecule is CN(CCc1ccccn1)Cc1cccnc1. The van der Waals surface area contributed by atoms with Crippen LogP contribution in [-0.2, 0) is 13.0 Å². The average Bonchev–Trinajstić information content (AvgIpc) is 2.39. The van der Waals surface area contributed by atoms with Crippen LogP contribution in [0.2, 0.25) is 0 Å². The van der Waals surface area contributed by atoms with E-state index < -0.39 is 0 Å². The molecule has 0 aliphatic heterocycles. The molecule has 0 N–H and O–H groups in total. The van der Waals surface area contributed by atoms with Gasteiger partial charge < -0.3 is 4.90 Å². The van der Waals surface area contributed by atoms with Gasteiger partial charge in [-0.3, -0.25) is 9.97 Å². The van der Waals surface area contributed by atoms with Crippen molar-refractivity contribution in [2.24, 2.45) is 0 Å². The Labute approximate surface area is 102 Å². The minimum absolute atomic E-state index is 0.931. The highest BCUT2D eigenvalue weighted by molar-refractivity contribution is 5.08. The van der Waals surface area contributed by atoms with Crippen molar-refractivity contribution in [2.45, 2.75) is 13.0 Å². The molecule has 0 saturated heterocycles. The van der Waals surface area contributed by atoms with Gasteiger partial charge in [0.2, 0.25) is 0 Å². The monoisotopic (exact) mass is 227 g/mol. The molecule has 0 fully saturated rings. The Morgan fingerprint density at radius 2 is 2.06 bits per heavy atom. The number of hydrogen-bond acceptors (Lipinski definition) is 3. The van der Waals surface area contributed by atoms with Crippen LogP contribution in [0.5, 0.6) is 0 Å². The summed E-state index contributed by atoms with van der Waals surface area (Å²) < 4.78 is 0. The van der Waals surface area contributed by atoms with E-state index in [1.54, 1.807) is 6.20 Å². The zero-order valence-corrected chi connectivity index (χ0v) is 10.1. The standard InChI is InChI=1S/C14H17N3/c1-17(12-13-5-4-8-15-11-13)10-7-14-6-2-3-9-16-14/h2-6,8-9,11H,7,10,12H2,1H3. The Kier molecular flexibility index (Phi) is 4.22. The maximum Gasteiger partial charge on any atom is 0.0416 e. The van der Waals surface area contributed by atoms with E-state index in [2.05, 4.69) is 34.0 Å². The molecule has 0 amide bonds. The van der Waals surface area contributed by atoms with Gasteiger partial charge in [0.25, 0.3) is 0 Å². The Balaban J connectivity index is 1.80. The average molecular weight is 227 g/mol. The molecule has 2 rings (SSSR count). The molecule has 0 atom stereocenters. The molecule has 0 aliphatic carbocycles. The first kappa shape index (κ1) is 11.7. The molecule has 0 radical (unpaired) electrons.